The van der Waals surface area contributed by atoms with E-state index in [4.69, 9.17) is 10.5 Å². The summed E-state index contributed by atoms with van der Waals surface area (Å²) in [5.74, 6) is 0.603. The maximum Gasteiger partial charge on any atom is 0.236 e. The van der Waals surface area contributed by atoms with Crippen LogP contribution in [-0.2, 0) is 10.0 Å². The molecule has 0 unspecified atom stereocenters. The van der Waals surface area contributed by atoms with Crippen molar-refractivity contribution in [1.82, 2.24) is 3.97 Å². The van der Waals surface area contributed by atoms with Gasteiger partial charge in [-0.25, -0.2) is 12.4 Å². The highest BCUT2D eigenvalue weighted by Gasteiger charge is 2.14. The molecule has 0 aliphatic heterocycles. The Kier molecular flexibility index (Phi) is 2.31. The van der Waals surface area contributed by atoms with Gasteiger partial charge in [-0.2, -0.15) is 0 Å². The lowest BCUT2D eigenvalue weighted by atomic mass is 10.2. The van der Waals surface area contributed by atoms with Gasteiger partial charge in [-0.3, -0.25) is 0 Å². The van der Waals surface area contributed by atoms with Gasteiger partial charge < -0.3 is 10.5 Å². The molecule has 1 aromatic heterocycles. The molecular weight excluding hydrogens is 228 g/mol. The third kappa shape index (κ3) is 1.51. The second-order valence-electron chi connectivity index (χ2n) is 3.49. The predicted octanol–water partition coefficient (Wildman–Crippen LogP) is 1.04. The lowest BCUT2D eigenvalue weighted by Crippen LogP contribution is -2.09. The number of nitrogens with zero attached hydrogens (tertiary/aromatic N) is 1. The van der Waals surface area contributed by atoms with Crippen LogP contribution in [0.2, 0.25) is 0 Å². The lowest BCUT2D eigenvalue weighted by molar-refractivity contribution is 0.420. The van der Waals surface area contributed by atoms with Gasteiger partial charge in [0.2, 0.25) is 10.0 Å². The third-order valence-electron chi connectivity index (χ3n) is 2.38. The van der Waals surface area contributed by atoms with E-state index in [1.165, 1.54) is 13.3 Å². The fraction of sp³-hybridized carbons (Fsp3) is 0.200. The van der Waals surface area contributed by atoms with E-state index in [2.05, 4.69) is 0 Å². The number of hydrogen-bond acceptors (Lipinski definition) is 4. The molecule has 1 heterocycles. The Labute approximate surface area is 93.5 Å². The fourth-order valence-corrected chi connectivity index (χ4v) is 2.50. The van der Waals surface area contributed by atoms with Gasteiger partial charge in [0.05, 0.1) is 24.6 Å². The maximum atomic E-state index is 11.5. The van der Waals surface area contributed by atoms with Crippen LogP contribution in [-0.4, -0.2) is 25.8 Å². The third-order valence-corrected chi connectivity index (χ3v) is 3.40. The number of nitrogen functional groups attached to an aromatic ring is 1. The van der Waals surface area contributed by atoms with E-state index < -0.39 is 10.0 Å². The molecule has 6 heteroatoms. The van der Waals surface area contributed by atoms with Crippen molar-refractivity contribution in [2.75, 3.05) is 19.1 Å². The van der Waals surface area contributed by atoms with Gasteiger partial charge in [0.15, 0.2) is 0 Å². The lowest BCUT2D eigenvalue weighted by Gasteiger charge is -2.07. The van der Waals surface area contributed by atoms with Gasteiger partial charge in [-0.05, 0) is 18.2 Å². The zero-order valence-corrected chi connectivity index (χ0v) is 9.78. The molecule has 5 nitrogen and oxygen atoms in total. The summed E-state index contributed by atoms with van der Waals surface area (Å²) in [4.78, 5) is 0. The highest BCUT2D eigenvalue weighted by molar-refractivity contribution is 7.89. The van der Waals surface area contributed by atoms with E-state index in [-0.39, 0.29) is 0 Å². The second kappa shape index (κ2) is 3.41. The first kappa shape index (κ1) is 10.8. The van der Waals surface area contributed by atoms with Crippen LogP contribution in [0.25, 0.3) is 10.9 Å². The van der Waals surface area contributed by atoms with E-state index in [9.17, 15) is 8.42 Å². The molecule has 16 heavy (non-hydrogen) atoms. The molecule has 2 aromatic rings. The van der Waals surface area contributed by atoms with E-state index in [0.29, 0.717) is 22.3 Å². The minimum Gasteiger partial charge on any atom is -0.496 e. The zero-order chi connectivity index (χ0) is 11.9. The summed E-state index contributed by atoms with van der Waals surface area (Å²) in [5, 5.41) is 0.688. The summed E-state index contributed by atoms with van der Waals surface area (Å²) in [6, 6.07) is 5.01. The van der Waals surface area contributed by atoms with Gasteiger partial charge in [0.1, 0.15) is 5.75 Å². The number of rotatable bonds is 2. The van der Waals surface area contributed by atoms with E-state index >= 15 is 0 Å². The zero-order valence-electron chi connectivity index (χ0n) is 8.97. The molecule has 0 saturated carbocycles. The van der Waals surface area contributed by atoms with Crippen molar-refractivity contribution in [1.29, 1.82) is 0 Å². The Morgan fingerprint density at radius 2 is 2.00 bits per heavy atom. The number of anilines is 1. The Morgan fingerprint density at radius 1 is 1.31 bits per heavy atom. The fourth-order valence-electron chi connectivity index (χ4n) is 1.68. The van der Waals surface area contributed by atoms with Crippen LogP contribution in [0, 0.1) is 0 Å². The molecule has 2 rings (SSSR count). The van der Waals surface area contributed by atoms with Crippen LogP contribution in [0.4, 0.5) is 5.69 Å². The highest BCUT2D eigenvalue weighted by atomic mass is 32.2. The number of hydrogen-bond donors (Lipinski definition) is 1. The quantitative estimate of drug-likeness (QED) is 0.796. The van der Waals surface area contributed by atoms with Crippen molar-refractivity contribution in [2.45, 2.75) is 0 Å². The molecule has 0 amide bonds. The van der Waals surface area contributed by atoms with Crippen molar-refractivity contribution >= 4 is 26.6 Å². The summed E-state index contributed by atoms with van der Waals surface area (Å²) >= 11 is 0. The molecule has 86 valence electrons. The molecule has 0 saturated heterocycles. The summed E-state index contributed by atoms with van der Waals surface area (Å²) in [7, 11) is -1.82. The Bertz CT molecular complexity index is 643. The van der Waals surface area contributed by atoms with Crippen LogP contribution in [0.5, 0.6) is 5.75 Å². The Morgan fingerprint density at radius 3 is 2.56 bits per heavy atom. The second-order valence-corrected chi connectivity index (χ2v) is 5.35. The number of nitrogens with two attached hydrogens (primary N) is 1. The maximum absolute atomic E-state index is 11.5. The number of ether oxygens (including phenoxy) is 1. The summed E-state index contributed by atoms with van der Waals surface area (Å²) in [6.07, 6.45) is 2.60. The van der Waals surface area contributed by atoms with Crippen molar-refractivity contribution in [3.8, 4) is 5.75 Å². The van der Waals surface area contributed by atoms with Gasteiger partial charge >= 0.3 is 0 Å². The van der Waals surface area contributed by atoms with Gasteiger partial charge in [-0.1, -0.05) is 0 Å². The smallest absolute Gasteiger partial charge is 0.236 e. The average Bonchev–Trinajstić information content (AvgIpc) is 2.63. The molecular formula is C10H12N2O3S. The first-order valence-electron chi connectivity index (χ1n) is 4.59. The topological polar surface area (TPSA) is 74.3 Å². The van der Waals surface area contributed by atoms with Crippen LogP contribution in [0.1, 0.15) is 0 Å². The Balaban J connectivity index is 2.92. The standard InChI is InChI=1S/C10H12N2O3S/c1-15-9-4-3-8(11)10-7(9)5-6-12(10)16(2,13)14/h3-6H,11H2,1-2H3. The molecule has 0 aliphatic rings. The van der Waals surface area contributed by atoms with Gasteiger partial charge in [0, 0.05) is 11.6 Å². The predicted molar refractivity (Wildman–Crippen MR) is 63.1 cm³/mol. The summed E-state index contributed by atoms with van der Waals surface area (Å²) in [5.41, 5.74) is 6.65. The van der Waals surface area contributed by atoms with E-state index in [0.717, 1.165) is 10.2 Å². The molecule has 0 spiro atoms. The minimum atomic E-state index is -3.35. The minimum absolute atomic E-state index is 0.409. The van der Waals surface area contributed by atoms with E-state index in [1.807, 2.05) is 0 Å². The van der Waals surface area contributed by atoms with Crippen molar-refractivity contribution < 1.29 is 13.2 Å². The molecule has 0 bridgehead atoms. The highest BCUT2D eigenvalue weighted by Crippen LogP contribution is 2.31. The normalized spacial score (nSPS) is 11.9. The van der Waals surface area contributed by atoms with Gasteiger partial charge in [0.25, 0.3) is 0 Å². The number of aromatic nitrogens is 1. The first-order chi connectivity index (χ1) is 7.45. The van der Waals surface area contributed by atoms with Crippen LogP contribution in [0.15, 0.2) is 24.4 Å². The average molecular weight is 240 g/mol. The number of benzene rings is 1. The van der Waals surface area contributed by atoms with Crippen LogP contribution >= 0.6 is 0 Å². The van der Waals surface area contributed by atoms with Crippen molar-refractivity contribution in [2.24, 2.45) is 0 Å². The molecule has 1 aromatic carbocycles. The molecule has 2 N–H and O–H groups in total. The molecule has 0 aliphatic carbocycles. The molecule has 0 fully saturated rings. The molecule has 0 radical (unpaired) electrons. The largest absolute Gasteiger partial charge is 0.496 e. The first-order valence-corrected chi connectivity index (χ1v) is 6.44. The van der Waals surface area contributed by atoms with Crippen LogP contribution in [0.3, 0.4) is 0 Å². The molecule has 0 atom stereocenters. The Hall–Kier alpha value is -1.69. The monoisotopic (exact) mass is 240 g/mol. The van der Waals surface area contributed by atoms with Crippen molar-refractivity contribution in [3.05, 3.63) is 24.4 Å². The van der Waals surface area contributed by atoms with E-state index in [1.54, 1.807) is 18.2 Å². The van der Waals surface area contributed by atoms with Gasteiger partial charge in [-0.15, -0.1) is 0 Å². The van der Waals surface area contributed by atoms with Crippen molar-refractivity contribution in [3.63, 3.8) is 0 Å². The number of methoxy groups -OCH3 is 1. The van der Waals surface area contributed by atoms with Crippen LogP contribution < -0.4 is 10.5 Å². The summed E-state index contributed by atoms with van der Waals surface area (Å²) < 4.78 is 29.4. The summed E-state index contributed by atoms with van der Waals surface area (Å²) in [6.45, 7) is 0. The SMILES string of the molecule is COc1ccc(N)c2c1ccn2S(C)(=O)=O. The number of fused-ring (bicyclic) bond motifs is 1.